The van der Waals surface area contributed by atoms with E-state index in [9.17, 15) is 13.2 Å². The minimum absolute atomic E-state index is 0.0147. The summed E-state index contributed by atoms with van der Waals surface area (Å²) in [6, 6.07) is 14.5. The maximum Gasteiger partial charge on any atom is 0.254 e. The molecule has 2 aromatic rings. The Bertz CT molecular complexity index is 939. The molecule has 1 fully saturated rings. The molecule has 1 aliphatic rings. The molecule has 7 heteroatoms. The monoisotopic (exact) mass is 420 g/mol. The molecule has 2 aromatic carbocycles. The van der Waals surface area contributed by atoms with E-state index in [1.54, 1.807) is 19.9 Å². The topological polar surface area (TPSA) is 57.7 Å². The quantitative estimate of drug-likeness (QED) is 0.643. The van der Waals surface area contributed by atoms with Crippen LogP contribution < -0.4 is 0 Å². The second kappa shape index (κ2) is 8.64. The lowest BCUT2D eigenvalue weighted by molar-refractivity contribution is 0.0729. The molecule has 1 amide bonds. The van der Waals surface area contributed by atoms with Crippen molar-refractivity contribution in [1.29, 1.82) is 0 Å². The summed E-state index contributed by atoms with van der Waals surface area (Å²) in [6.07, 6.45) is 1.94. The van der Waals surface area contributed by atoms with E-state index in [4.69, 9.17) is 11.6 Å². The number of hydrogen-bond donors (Lipinski definition) is 0. The van der Waals surface area contributed by atoms with Crippen molar-refractivity contribution in [2.75, 3.05) is 13.1 Å². The average Bonchev–Trinajstić information content (AvgIpc) is 3.52. The number of amides is 1. The summed E-state index contributed by atoms with van der Waals surface area (Å²) in [4.78, 5) is 15.0. The summed E-state index contributed by atoms with van der Waals surface area (Å²) in [6.45, 7) is 4.74. The van der Waals surface area contributed by atoms with Crippen LogP contribution in [-0.2, 0) is 16.6 Å². The molecule has 1 aliphatic carbocycles. The Hall–Kier alpha value is -1.89. The second-order valence-corrected chi connectivity index (χ2v) is 9.20. The first-order chi connectivity index (χ1) is 13.4. The first kappa shape index (κ1) is 20.8. The Kier molecular flexibility index (Phi) is 6.43. The van der Waals surface area contributed by atoms with Crippen LogP contribution in [0.1, 0.15) is 42.6 Å². The van der Waals surface area contributed by atoms with E-state index in [-0.39, 0.29) is 21.9 Å². The van der Waals surface area contributed by atoms with Crippen molar-refractivity contribution < 1.29 is 13.2 Å². The van der Waals surface area contributed by atoms with Gasteiger partial charge in [-0.25, -0.2) is 8.42 Å². The Morgan fingerprint density at radius 1 is 1.07 bits per heavy atom. The molecule has 1 saturated carbocycles. The van der Waals surface area contributed by atoms with Crippen molar-refractivity contribution in [3.05, 3.63) is 64.7 Å². The molecule has 5 nitrogen and oxygen atoms in total. The summed E-state index contributed by atoms with van der Waals surface area (Å²) in [7, 11) is -3.75. The van der Waals surface area contributed by atoms with E-state index in [0.717, 1.165) is 18.4 Å². The van der Waals surface area contributed by atoms with Crippen molar-refractivity contribution in [2.24, 2.45) is 0 Å². The van der Waals surface area contributed by atoms with E-state index < -0.39 is 10.0 Å². The molecule has 0 atom stereocenters. The molecule has 0 aromatic heterocycles. The van der Waals surface area contributed by atoms with Gasteiger partial charge in [0, 0.05) is 31.2 Å². The van der Waals surface area contributed by atoms with E-state index in [0.29, 0.717) is 25.2 Å². The molecule has 0 spiro atoms. The van der Waals surface area contributed by atoms with Crippen molar-refractivity contribution in [3.63, 3.8) is 0 Å². The lowest BCUT2D eigenvalue weighted by atomic mass is 10.1. The van der Waals surface area contributed by atoms with Gasteiger partial charge in [-0.15, -0.1) is 0 Å². The lowest BCUT2D eigenvalue weighted by Crippen LogP contribution is -2.33. The number of rotatable bonds is 8. The number of hydrogen-bond acceptors (Lipinski definition) is 3. The predicted octanol–water partition coefficient (Wildman–Crippen LogP) is 4.18. The Morgan fingerprint density at radius 2 is 1.71 bits per heavy atom. The van der Waals surface area contributed by atoms with Crippen LogP contribution in [0.4, 0.5) is 0 Å². The highest BCUT2D eigenvalue weighted by Crippen LogP contribution is 2.31. The van der Waals surface area contributed by atoms with E-state index in [1.165, 1.54) is 16.4 Å². The zero-order valence-electron chi connectivity index (χ0n) is 16.1. The standard InChI is InChI=1S/C21H25ClN2O3S/c1-3-23(4-2)28(26,27)20-14-17(10-13-19(20)22)21(25)24(18-11-12-18)15-16-8-6-5-7-9-16/h5-10,13-14,18H,3-4,11-12,15H2,1-2H3. The first-order valence-corrected chi connectivity index (χ1v) is 11.3. The molecule has 0 radical (unpaired) electrons. The number of carbonyl (C=O) groups is 1. The van der Waals surface area contributed by atoms with Gasteiger partial charge in [0.05, 0.1) is 5.02 Å². The third-order valence-corrected chi connectivity index (χ3v) is 7.48. The molecule has 3 rings (SSSR count). The van der Waals surface area contributed by atoms with Crippen LogP contribution in [0.25, 0.3) is 0 Å². The average molecular weight is 421 g/mol. The fraction of sp³-hybridized carbons (Fsp3) is 0.381. The molecule has 0 bridgehead atoms. The molecule has 0 N–H and O–H groups in total. The van der Waals surface area contributed by atoms with Gasteiger partial charge in [0.2, 0.25) is 10.0 Å². The maximum atomic E-state index is 13.2. The van der Waals surface area contributed by atoms with Crippen molar-refractivity contribution in [2.45, 2.75) is 44.2 Å². The number of nitrogens with zero attached hydrogens (tertiary/aromatic N) is 2. The van der Waals surface area contributed by atoms with Gasteiger partial charge < -0.3 is 4.90 Å². The van der Waals surface area contributed by atoms with Gasteiger partial charge in [-0.2, -0.15) is 4.31 Å². The molecular weight excluding hydrogens is 396 g/mol. The summed E-state index contributed by atoms with van der Waals surface area (Å²) >= 11 is 6.20. The molecule has 0 heterocycles. The van der Waals surface area contributed by atoms with Gasteiger partial charge in [0.25, 0.3) is 5.91 Å². The van der Waals surface area contributed by atoms with Crippen molar-refractivity contribution in [1.82, 2.24) is 9.21 Å². The molecule has 28 heavy (non-hydrogen) atoms. The van der Waals surface area contributed by atoms with Crippen LogP contribution in [0.2, 0.25) is 5.02 Å². The molecule has 0 saturated heterocycles. The Labute approximate surface area is 172 Å². The van der Waals surface area contributed by atoms with Gasteiger partial charge in [-0.1, -0.05) is 55.8 Å². The van der Waals surface area contributed by atoms with E-state index in [1.807, 2.05) is 35.2 Å². The minimum atomic E-state index is -3.75. The largest absolute Gasteiger partial charge is 0.331 e. The molecule has 150 valence electrons. The van der Waals surface area contributed by atoms with Gasteiger partial charge >= 0.3 is 0 Å². The highest BCUT2D eigenvalue weighted by atomic mass is 35.5. The van der Waals surface area contributed by atoms with Crippen molar-refractivity contribution in [3.8, 4) is 0 Å². The fourth-order valence-corrected chi connectivity index (χ4v) is 5.19. The van der Waals surface area contributed by atoms with Crippen LogP contribution in [0, 0.1) is 0 Å². The van der Waals surface area contributed by atoms with Gasteiger partial charge in [-0.3, -0.25) is 4.79 Å². The van der Waals surface area contributed by atoms with Crippen LogP contribution in [-0.4, -0.2) is 42.7 Å². The van der Waals surface area contributed by atoms with Crippen molar-refractivity contribution >= 4 is 27.5 Å². The molecular formula is C21H25ClN2O3S. The molecule has 0 unspecified atom stereocenters. The number of benzene rings is 2. The summed E-state index contributed by atoms with van der Waals surface area (Å²) < 4.78 is 27.2. The first-order valence-electron chi connectivity index (χ1n) is 9.53. The second-order valence-electron chi connectivity index (χ2n) is 6.88. The summed E-state index contributed by atoms with van der Waals surface area (Å²) in [5, 5.41) is 0.129. The van der Waals surface area contributed by atoms with Crippen LogP contribution in [0.3, 0.4) is 0 Å². The van der Waals surface area contributed by atoms with Gasteiger partial charge in [-0.05, 0) is 36.6 Å². The summed E-state index contributed by atoms with van der Waals surface area (Å²) in [5.41, 5.74) is 1.39. The predicted molar refractivity (Wildman–Crippen MR) is 111 cm³/mol. The van der Waals surface area contributed by atoms with Crippen LogP contribution in [0.15, 0.2) is 53.4 Å². The smallest absolute Gasteiger partial charge is 0.254 e. The number of carbonyl (C=O) groups excluding carboxylic acids is 1. The van der Waals surface area contributed by atoms with Crippen LogP contribution >= 0.6 is 11.6 Å². The number of sulfonamides is 1. The van der Waals surface area contributed by atoms with Gasteiger partial charge in [0.1, 0.15) is 4.90 Å². The zero-order chi connectivity index (χ0) is 20.3. The van der Waals surface area contributed by atoms with E-state index >= 15 is 0 Å². The Morgan fingerprint density at radius 3 is 2.29 bits per heavy atom. The third kappa shape index (κ3) is 4.40. The molecule has 0 aliphatic heterocycles. The minimum Gasteiger partial charge on any atom is -0.331 e. The highest BCUT2D eigenvalue weighted by molar-refractivity contribution is 7.89. The van der Waals surface area contributed by atoms with Gasteiger partial charge in [0.15, 0.2) is 0 Å². The Balaban J connectivity index is 1.93. The SMILES string of the molecule is CCN(CC)S(=O)(=O)c1cc(C(=O)N(Cc2ccccc2)C2CC2)ccc1Cl. The van der Waals surface area contributed by atoms with Crippen LogP contribution in [0.5, 0.6) is 0 Å². The zero-order valence-corrected chi connectivity index (χ0v) is 17.7. The van der Waals surface area contributed by atoms with E-state index in [2.05, 4.69) is 0 Å². The number of halogens is 1. The summed E-state index contributed by atoms with van der Waals surface area (Å²) in [5.74, 6) is -0.168. The maximum absolute atomic E-state index is 13.2. The third-order valence-electron chi connectivity index (χ3n) is 4.95. The highest BCUT2D eigenvalue weighted by Gasteiger charge is 2.34. The fourth-order valence-electron chi connectivity index (χ4n) is 3.24. The normalized spacial score (nSPS) is 14.3. The lowest BCUT2D eigenvalue weighted by Gasteiger charge is -2.24.